The summed E-state index contributed by atoms with van der Waals surface area (Å²) in [6.07, 6.45) is 1.20. The van der Waals surface area contributed by atoms with Gasteiger partial charge in [0.15, 0.2) is 15.9 Å². The van der Waals surface area contributed by atoms with Crippen molar-refractivity contribution in [2.45, 2.75) is 63.5 Å². The Balaban J connectivity index is 2.03. The molecule has 2 atom stereocenters. The molecule has 0 saturated heterocycles. The van der Waals surface area contributed by atoms with E-state index in [0.717, 1.165) is 5.56 Å². The maximum absolute atomic E-state index is 12.6. The second-order valence-electron chi connectivity index (χ2n) is 8.35. The SMILES string of the molecule is CCC(NC(=O)C(C)Oc1ccc(C(C)(C)C)cc1)c1ccc(S(C)(=O)=O)cc1. The van der Waals surface area contributed by atoms with Crippen LogP contribution in [0.25, 0.3) is 0 Å². The molecule has 2 unspecified atom stereocenters. The van der Waals surface area contributed by atoms with Crippen LogP contribution in [0.3, 0.4) is 0 Å². The van der Waals surface area contributed by atoms with E-state index in [4.69, 9.17) is 4.74 Å². The molecule has 0 aliphatic heterocycles. The first-order valence-electron chi connectivity index (χ1n) is 9.79. The van der Waals surface area contributed by atoms with E-state index in [0.29, 0.717) is 12.2 Å². The van der Waals surface area contributed by atoms with Crippen molar-refractivity contribution in [3.05, 3.63) is 59.7 Å². The number of sulfone groups is 1. The number of ether oxygens (including phenoxy) is 1. The molecule has 0 bridgehead atoms. The Morgan fingerprint density at radius 2 is 1.59 bits per heavy atom. The van der Waals surface area contributed by atoms with E-state index in [-0.39, 0.29) is 22.3 Å². The van der Waals surface area contributed by atoms with Gasteiger partial charge in [-0.3, -0.25) is 4.79 Å². The van der Waals surface area contributed by atoms with Crippen molar-refractivity contribution in [3.8, 4) is 5.75 Å². The molecule has 0 aliphatic rings. The van der Waals surface area contributed by atoms with Gasteiger partial charge in [-0.1, -0.05) is 52.0 Å². The molecule has 0 fully saturated rings. The molecular weight excluding hydrogens is 386 g/mol. The van der Waals surface area contributed by atoms with Crippen LogP contribution in [0.1, 0.15) is 58.2 Å². The number of rotatable bonds is 7. The second kappa shape index (κ2) is 8.99. The minimum absolute atomic E-state index is 0.0581. The van der Waals surface area contributed by atoms with Gasteiger partial charge in [-0.25, -0.2) is 8.42 Å². The Morgan fingerprint density at radius 3 is 2.03 bits per heavy atom. The molecule has 2 rings (SSSR count). The van der Waals surface area contributed by atoms with E-state index >= 15 is 0 Å². The Kier molecular flexibility index (Phi) is 7.11. The fraction of sp³-hybridized carbons (Fsp3) is 0.435. The number of benzene rings is 2. The van der Waals surface area contributed by atoms with Gasteiger partial charge in [0.05, 0.1) is 10.9 Å². The smallest absolute Gasteiger partial charge is 0.261 e. The zero-order valence-corrected chi connectivity index (χ0v) is 18.8. The molecule has 0 spiro atoms. The van der Waals surface area contributed by atoms with Gasteiger partial charge in [0.25, 0.3) is 5.91 Å². The van der Waals surface area contributed by atoms with E-state index in [1.165, 1.54) is 11.8 Å². The topological polar surface area (TPSA) is 72.5 Å². The van der Waals surface area contributed by atoms with E-state index in [2.05, 4.69) is 26.1 Å². The molecule has 29 heavy (non-hydrogen) atoms. The number of hydrogen-bond acceptors (Lipinski definition) is 4. The fourth-order valence-electron chi connectivity index (χ4n) is 2.95. The second-order valence-corrected chi connectivity index (χ2v) is 10.4. The first-order chi connectivity index (χ1) is 13.4. The zero-order chi connectivity index (χ0) is 21.8. The standard InChI is InChI=1S/C23H31NO4S/c1-7-21(17-8-14-20(15-9-17)29(6,26)27)24-22(25)16(2)28-19-12-10-18(11-13-19)23(3,4)5/h8-16,21H,7H2,1-6H3,(H,24,25). The molecule has 1 amide bonds. The molecule has 2 aromatic carbocycles. The predicted molar refractivity (Wildman–Crippen MR) is 116 cm³/mol. The van der Waals surface area contributed by atoms with Gasteiger partial charge >= 0.3 is 0 Å². The summed E-state index contributed by atoms with van der Waals surface area (Å²) in [6, 6.07) is 14.2. The minimum atomic E-state index is -3.24. The van der Waals surface area contributed by atoms with Crippen LogP contribution in [0.4, 0.5) is 0 Å². The normalized spacial score (nSPS) is 14.1. The lowest BCUT2D eigenvalue weighted by Crippen LogP contribution is -2.38. The quantitative estimate of drug-likeness (QED) is 0.724. The lowest BCUT2D eigenvalue weighted by molar-refractivity contribution is -0.128. The van der Waals surface area contributed by atoms with Gasteiger partial charge in [-0.05, 0) is 54.2 Å². The third-order valence-corrected chi connectivity index (χ3v) is 5.97. The molecule has 0 heterocycles. The summed E-state index contributed by atoms with van der Waals surface area (Å²) < 4.78 is 29.0. The highest BCUT2D eigenvalue weighted by atomic mass is 32.2. The van der Waals surface area contributed by atoms with Crippen molar-refractivity contribution >= 4 is 15.7 Å². The molecule has 0 saturated carbocycles. The molecule has 0 radical (unpaired) electrons. The van der Waals surface area contributed by atoms with Gasteiger partial charge in [0, 0.05) is 6.26 Å². The van der Waals surface area contributed by atoms with E-state index in [1.807, 2.05) is 31.2 Å². The number of carbonyl (C=O) groups is 1. The van der Waals surface area contributed by atoms with Gasteiger partial charge in [0.1, 0.15) is 5.75 Å². The maximum atomic E-state index is 12.6. The highest BCUT2D eigenvalue weighted by Crippen LogP contribution is 2.25. The number of hydrogen-bond donors (Lipinski definition) is 1. The summed E-state index contributed by atoms with van der Waals surface area (Å²) in [5, 5.41) is 2.98. The molecule has 5 nitrogen and oxygen atoms in total. The lowest BCUT2D eigenvalue weighted by Gasteiger charge is -2.22. The molecule has 2 aromatic rings. The van der Waals surface area contributed by atoms with Crippen molar-refractivity contribution in [2.75, 3.05) is 6.26 Å². The fourth-order valence-corrected chi connectivity index (χ4v) is 3.58. The molecule has 158 valence electrons. The van der Waals surface area contributed by atoms with E-state index in [1.54, 1.807) is 31.2 Å². The predicted octanol–water partition coefficient (Wildman–Crippen LogP) is 4.42. The number of nitrogens with one attached hydrogen (secondary N) is 1. The summed E-state index contributed by atoms with van der Waals surface area (Å²) in [5.41, 5.74) is 2.11. The van der Waals surface area contributed by atoms with Gasteiger partial charge in [0.2, 0.25) is 0 Å². The summed E-state index contributed by atoms with van der Waals surface area (Å²) in [5.74, 6) is 0.426. The van der Waals surface area contributed by atoms with Gasteiger partial charge in [-0.15, -0.1) is 0 Å². The summed E-state index contributed by atoms with van der Waals surface area (Å²) in [4.78, 5) is 12.9. The number of carbonyl (C=O) groups excluding carboxylic acids is 1. The average Bonchev–Trinajstić information content (AvgIpc) is 2.65. The Hall–Kier alpha value is -2.34. The molecule has 6 heteroatoms. The Bertz CT molecular complexity index is 926. The summed E-state index contributed by atoms with van der Waals surface area (Å²) in [7, 11) is -3.24. The van der Waals surface area contributed by atoms with Crippen LogP contribution in [0, 0.1) is 0 Å². The van der Waals surface area contributed by atoms with Crippen LogP contribution in [0.15, 0.2) is 53.4 Å². The van der Waals surface area contributed by atoms with Crippen LogP contribution in [0.5, 0.6) is 5.75 Å². The first-order valence-corrected chi connectivity index (χ1v) is 11.7. The van der Waals surface area contributed by atoms with Crippen molar-refractivity contribution in [2.24, 2.45) is 0 Å². The van der Waals surface area contributed by atoms with Gasteiger partial charge < -0.3 is 10.1 Å². The van der Waals surface area contributed by atoms with Crippen molar-refractivity contribution < 1.29 is 17.9 Å². The average molecular weight is 418 g/mol. The monoisotopic (exact) mass is 417 g/mol. The molecule has 0 aliphatic carbocycles. The van der Waals surface area contributed by atoms with E-state index in [9.17, 15) is 13.2 Å². The Labute approximate surface area is 174 Å². The molecule has 1 N–H and O–H groups in total. The van der Waals surface area contributed by atoms with Crippen LogP contribution in [-0.2, 0) is 20.0 Å². The van der Waals surface area contributed by atoms with Crippen LogP contribution >= 0.6 is 0 Å². The minimum Gasteiger partial charge on any atom is -0.481 e. The third-order valence-electron chi connectivity index (χ3n) is 4.84. The van der Waals surface area contributed by atoms with Gasteiger partial charge in [-0.2, -0.15) is 0 Å². The molecule has 0 aromatic heterocycles. The maximum Gasteiger partial charge on any atom is 0.261 e. The molecular formula is C23H31NO4S. The van der Waals surface area contributed by atoms with E-state index < -0.39 is 15.9 Å². The lowest BCUT2D eigenvalue weighted by atomic mass is 9.87. The van der Waals surface area contributed by atoms with Crippen molar-refractivity contribution in [3.63, 3.8) is 0 Å². The summed E-state index contributed by atoms with van der Waals surface area (Å²) >= 11 is 0. The first kappa shape index (κ1) is 22.9. The van der Waals surface area contributed by atoms with Crippen molar-refractivity contribution in [1.29, 1.82) is 0 Å². The van der Waals surface area contributed by atoms with Crippen molar-refractivity contribution in [1.82, 2.24) is 5.32 Å². The largest absolute Gasteiger partial charge is 0.481 e. The number of amides is 1. The highest BCUT2D eigenvalue weighted by Gasteiger charge is 2.20. The third kappa shape index (κ3) is 6.32. The highest BCUT2D eigenvalue weighted by molar-refractivity contribution is 7.90. The van der Waals surface area contributed by atoms with Crippen LogP contribution in [0.2, 0.25) is 0 Å². The van der Waals surface area contributed by atoms with Crippen LogP contribution < -0.4 is 10.1 Å². The Morgan fingerprint density at radius 1 is 1.03 bits per heavy atom. The summed E-state index contributed by atoms with van der Waals surface area (Å²) in [6.45, 7) is 10.1. The van der Waals surface area contributed by atoms with Crippen LogP contribution in [-0.4, -0.2) is 26.7 Å². The zero-order valence-electron chi connectivity index (χ0n) is 18.0.